The third kappa shape index (κ3) is 5.22. The second-order valence-electron chi connectivity index (χ2n) is 5.57. The molecule has 1 saturated heterocycles. The Balaban J connectivity index is 1.47. The van der Waals surface area contributed by atoms with E-state index in [0.717, 1.165) is 19.4 Å². The van der Waals surface area contributed by atoms with Crippen molar-refractivity contribution in [1.82, 2.24) is 5.32 Å². The van der Waals surface area contributed by atoms with Crippen LogP contribution in [0.25, 0.3) is 0 Å². The van der Waals surface area contributed by atoms with E-state index < -0.39 is 6.10 Å². The molecule has 1 saturated carbocycles. The van der Waals surface area contributed by atoms with Crippen molar-refractivity contribution in [3.05, 3.63) is 0 Å². The van der Waals surface area contributed by atoms with Crippen LogP contribution in [0, 0.1) is 0 Å². The minimum Gasteiger partial charge on any atom is -0.389 e. The minimum absolute atomic E-state index is 0.253. The molecule has 2 unspecified atom stereocenters. The van der Waals surface area contributed by atoms with Gasteiger partial charge in [0.25, 0.3) is 0 Å². The van der Waals surface area contributed by atoms with Gasteiger partial charge in [-0.25, -0.2) is 0 Å². The van der Waals surface area contributed by atoms with E-state index in [1.807, 2.05) is 0 Å². The highest BCUT2D eigenvalue weighted by atomic mass is 16.5. The van der Waals surface area contributed by atoms with Crippen molar-refractivity contribution < 1.29 is 14.6 Å². The summed E-state index contributed by atoms with van der Waals surface area (Å²) in [6.07, 6.45) is 8.61. The van der Waals surface area contributed by atoms with Gasteiger partial charge in [0.05, 0.1) is 25.4 Å². The SMILES string of the molecule is OC(CNC1CCCCC1)COCC1CCCO1. The quantitative estimate of drug-likeness (QED) is 0.725. The molecule has 2 fully saturated rings. The molecule has 1 aliphatic heterocycles. The smallest absolute Gasteiger partial charge is 0.0897 e. The Morgan fingerprint density at radius 1 is 1.17 bits per heavy atom. The molecule has 0 aromatic heterocycles. The van der Waals surface area contributed by atoms with Crippen molar-refractivity contribution in [1.29, 1.82) is 0 Å². The fraction of sp³-hybridized carbons (Fsp3) is 1.00. The minimum atomic E-state index is -0.395. The molecule has 0 amide bonds. The van der Waals surface area contributed by atoms with Gasteiger partial charge in [0.2, 0.25) is 0 Å². The zero-order valence-electron chi connectivity index (χ0n) is 11.3. The van der Waals surface area contributed by atoms with Gasteiger partial charge >= 0.3 is 0 Å². The third-order valence-electron chi connectivity index (χ3n) is 3.89. The van der Waals surface area contributed by atoms with Crippen molar-refractivity contribution in [3.63, 3.8) is 0 Å². The highest BCUT2D eigenvalue weighted by Crippen LogP contribution is 2.17. The molecule has 2 N–H and O–H groups in total. The predicted molar refractivity (Wildman–Crippen MR) is 70.7 cm³/mol. The van der Waals surface area contributed by atoms with Gasteiger partial charge in [0.1, 0.15) is 0 Å². The molecule has 4 nitrogen and oxygen atoms in total. The van der Waals surface area contributed by atoms with E-state index in [1.54, 1.807) is 0 Å². The Morgan fingerprint density at radius 2 is 2.00 bits per heavy atom. The van der Waals surface area contributed by atoms with Crippen molar-refractivity contribution in [2.45, 2.75) is 63.2 Å². The second-order valence-corrected chi connectivity index (χ2v) is 5.57. The first kappa shape index (κ1) is 14.3. The summed E-state index contributed by atoms with van der Waals surface area (Å²) in [5.41, 5.74) is 0. The van der Waals surface area contributed by atoms with Crippen LogP contribution in [0.4, 0.5) is 0 Å². The lowest BCUT2D eigenvalue weighted by Crippen LogP contribution is -2.38. The molecule has 0 spiro atoms. The number of ether oxygens (including phenoxy) is 2. The Kier molecular flexibility index (Phi) is 6.41. The first-order valence-electron chi connectivity index (χ1n) is 7.45. The average Bonchev–Trinajstić information content (AvgIpc) is 2.91. The van der Waals surface area contributed by atoms with Crippen LogP contribution in [0.15, 0.2) is 0 Å². The molecule has 0 aromatic rings. The molecule has 2 rings (SSSR count). The van der Waals surface area contributed by atoms with Gasteiger partial charge in [-0.2, -0.15) is 0 Å². The lowest BCUT2D eigenvalue weighted by Gasteiger charge is -2.24. The zero-order valence-corrected chi connectivity index (χ0v) is 11.3. The maximum Gasteiger partial charge on any atom is 0.0897 e. The highest BCUT2D eigenvalue weighted by Gasteiger charge is 2.17. The van der Waals surface area contributed by atoms with Gasteiger partial charge < -0.3 is 19.9 Å². The predicted octanol–water partition coefficient (Wildman–Crippen LogP) is 1.47. The maximum atomic E-state index is 9.83. The molecule has 1 heterocycles. The van der Waals surface area contributed by atoms with E-state index in [4.69, 9.17) is 9.47 Å². The lowest BCUT2D eigenvalue weighted by molar-refractivity contribution is -0.0171. The molecule has 18 heavy (non-hydrogen) atoms. The van der Waals surface area contributed by atoms with E-state index in [2.05, 4.69) is 5.32 Å². The van der Waals surface area contributed by atoms with E-state index in [0.29, 0.717) is 25.8 Å². The fourth-order valence-corrected chi connectivity index (χ4v) is 2.78. The lowest BCUT2D eigenvalue weighted by atomic mass is 9.95. The number of aliphatic hydroxyl groups excluding tert-OH is 1. The zero-order chi connectivity index (χ0) is 12.6. The standard InChI is InChI=1S/C14H27NO3/c16-13(9-15-12-5-2-1-3-6-12)10-17-11-14-7-4-8-18-14/h12-16H,1-11H2. The van der Waals surface area contributed by atoms with E-state index in [-0.39, 0.29) is 6.10 Å². The topological polar surface area (TPSA) is 50.7 Å². The van der Waals surface area contributed by atoms with Crippen LogP contribution in [-0.4, -0.2) is 49.7 Å². The van der Waals surface area contributed by atoms with Crippen molar-refractivity contribution in [2.75, 3.05) is 26.4 Å². The van der Waals surface area contributed by atoms with Crippen LogP contribution in [0.5, 0.6) is 0 Å². The van der Waals surface area contributed by atoms with Crippen LogP contribution in [0.1, 0.15) is 44.9 Å². The number of hydrogen-bond acceptors (Lipinski definition) is 4. The molecule has 0 aromatic carbocycles. The van der Waals surface area contributed by atoms with E-state index >= 15 is 0 Å². The maximum absolute atomic E-state index is 9.83. The second kappa shape index (κ2) is 8.10. The Morgan fingerprint density at radius 3 is 2.72 bits per heavy atom. The summed E-state index contributed by atoms with van der Waals surface area (Å²) in [7, 11) is 0. The summed E-state index contributed by atoms with van der Waals surface area (Å²) < 4.78 is 11.0. The molecule has 4 heteroatoms. The van der Waals surface area contributed by atoms with Crippen LogP contribution in [0.3, 0.4) is 0 Å². The van der Waals surface area contributed by atoms with Crippen molar-refractivity contribution >= 4 is 0 Å². The summed E-state index contributed by atoms with van der Waals surface area (Å²) in [5, 5.41) is 13.3. The summed E-state index contributed by atoms with van der Waals surface area (Å²) in [6.45, 7) is 2.55. The van der Waals surface area contributed by atoms with Gasteiger partial charge in [0.15, 0.2) is 0 Å². The summed E-state index contributed by atoms with van der Waals surface area (Å²) in [5.74, 6) is 0. The van der Waals surface area contributed by atoms with Gasteiger partial charge in [0, 0.05) is 19.2 Å². The number of rotatable bonds is 7. The summed E-state index contributed by atoms with van der Waals surface area (Å²) >= 11 is 0. The Labute approximate surface area is 110 Å². The number of aliphatic hydroxyl groups is 1. The number of hydrogen-bond donors (Lipinski definition) is 2. The van der Waals surface area contributed by atoms with Crippen LogP contribution >= 0.6 is 0 Å². The Hall–Kier alpha value is -0.160. The van der Waals surface area contributed by atoms with Gasteiger partial charge in [-0.05, 0) is 25.7 Å². The molecule has 2 atom stereocenters. The first-order valence-corrected chi connectivity index (χ1v) is 7.45. The molecule has 0 radical (unpaired) electrons. The van der Waals surface area contributed by atoms with Crippen molar-refractivity contribution in [3.8, 4) is 0 Å². The average molecular weight is 257 g/mol. The fourth-order valence-electron chi connectivity index (χ4n) is 2.78. The van der Waals surface area contributed by atoms with Gasteiger partial charge in [-0.3, -0.25) is 0 Å². The van der Waals surface area contributed by atoms with Crippen LogP contribution in [0.2, 0.25) is 0 Å². The highest BCUT2D eigenvalue weighted by molar-refractivity contribution is 4.73. The van der Waals surface area contributed by atoms with E-state index in [1.165, 1.54) is 32.1 Å². The van der Waals surface area contributed by atoms with Gasteiger partial charge in [-0.1, -0.05) is 19.3 Å². The molecule has 2 aliphatic rings. The number of nitrogens with one attached hydrogen (secondary N) is 1. The normalized spacial score (nSPS) is 27.5. The summed E-state index contributed by atoms with van der Waals surface area (Å²) in [6, 6.07) is 0.603. The third-order valence-corrected chi connectivity index (χ3v) is 3.89. The van der Waals surface area contributed by atoms with Crippen LogP contribution in [-0.2, 0) is 9.47 Å². The Bertz CT molecular complexity index is 213. The molecule has 1 aliphatic carbocycles. The summed E-state index contributed by atoms with van der Waals surface area (Å²) in [4.78, 5) is 0. The largest absolute Gasteiger partial charge is 0.389 e. The van der Waals surface area contributed by atoms with Crippen molar-refractivity contribution in [2.24, 2.45) is 0 Å². The van der Waals surface area contributed by atoms with E-state index in [9.17, 15) is 5.11 Å². The molecule has 106 valence electrons. The van der Waals surface area contributed by atoms with Gasteiger partial charge in [-0.15, -0.1) is 0 Å². The molecular weight excluding hydrogens is 230 g/mol. The molecule has 0 bridgehead atoms. The first-order chi connectivity index (χ1) is 8.84. The monoisotopic (exact) mass is 257 g/mol. The molecular formula is C14H27NO3. The van der Waals surface area contributed by atoms with Crippen LogP contribution < -0.4 is 5.32 Å².